The number of hydrogen-bond donors (Lipinski definition) is 0. The number of carbonyl (C=O) groups is 2. The Hall–Kier alpha value is -2.71. The lowest BCUT2D eigenvalue weighted by atomic mass is 9.71. The number of hydrogen-bond acceptors (Lipinski definition) is 4. The third kappa shape index (κ3) is 4.96. The topological polar surface area (TPSA) is 78.0 Å². The molecule has 8 heteroatoms. The van der Waals surface area contributed by atoms with E-state index in [2.05, 4.69) is 0 Å². The summed E-state index contributed by atoms with van der Waals surface area (Å²) in [5.41, 5.74) is 1.05. The van der Waals surface area contributed by atoms with Crippen molar-refractivity contribution in [2.24, 2.45) is 0 Å². The van der Waals surface area contributed by atoms with Gasteiger partial charge < -0.3 is 9.80 Å². The Morgan fingerprint density at radius 2 is 1.33 bits per heavy atom. The van der Waals surface area contributed by atoms with E-state index in [9.17, 15) is 18.0 Å². The number of amides is 2. The summed E-state index contributed by atoms with van der Waals surface area (Å²) in [7, 11) is -3.44. The highest BCUT2D eigenvalue weighted by atomic mass is 32.2. The largest absolute Gasteiger partial charge is 0.343 e. The quantitative estimate of drug-likeness (QED) is 0.673. The standard InChI is InChI=1S/C25H31N3O4S/c1-21(29)26-14-12-25(13-15-26,23-10-6-3-7-11-23)24(30)27-16-18-28(19-17-27)33(31,32)20-22-8-4-2-5-9-22/h2-11H,12-20H2,1H3. The highest BCUT2D eigenvalue weighted by molar-refractivity contribution is 7.88. The van der Waals surface area contributed by atoms with Crippen LogP contribution in [0.3, 0.4) is 0 Å². The van der Waals surface area contributed by atoms with Gasteiger partial charge in [0.2, 0.25) is 21.8 Å². The zero-order valence-corrected chi connectivity index (χ0v) is 19.8. The minimum Gasteiger partial charge on any atom is -0.343 e. The van der Waals surface area contributed by atoms with Crippen LogP contribution in [0.5, 0.6) is 0 Å². The zero-order valence-electron chi connectivity index (χ0n) is 19.0. The molecule has 2 aliphatic heterocycles. The summed E-state index contributed by atoms with van der Waals surface area (Å²) in [5.74, 6) is 0.0368. The lowest BCUT2D eigenvalue weighted by molar-refractivity contribution is -0.143. The SMILES string of the molecule is CC(=O)N1CCC(C(=O)N2CCN(S(=O)(=O)Cc3ccccc3)CC2)(c2ccccc2)CC1. The molecular weight excluding hydrogens is 438 g/mol. The molecule has 2 amide bonds. The molecule has 2 saturated heterocycles. The van der Waals surface area contributed by atoms with Crippen LogP contribution in [0.25, 0.3) is 0 Å². The second kappa shape index (κ2) is 9.65. The monoisotopic (exact) mass is 469 g/mol. The Morgan fingerprint density at radius 1 is 0.788 bits per heavy atom. The fourth-order valence-electron chi connectivity index (χ4n) is 4.93. The molecule has 4 rings (SSSR count). The van der Waals surface area contributed by atoms with Gasteiger partial charge in [-0.15, -0.1) is 0 Å². The molecule has 0 atom stereocenters. The van der Waals surface area contributed by atoms with Crippen LogP contribution in [0, 0.1) is 0 Å². The predicted molar refractivity (Wildman–Crippen MR) is 127 cm³/mol. The van der Waals surface area contributed by atoms with E-state index in [0.717, 1.165) is 11.1 Å². The number of sulfonamides is 1. The molecule has 2 aliphatic rings. The third-order valence-corrected chi connectivity index (χ3v) is 8.76. The molecule has 0 aliphatic carbocycles. The molecule has 0 N–H and O–H groups in total. The fourth-order valence-corrected chi connectivity index (χ4v) is 6.45. The molecule has 0 bridgehead atoms. The molecular formula is C25H31N3O4S. The van der Waals surface area contributed by atoms with Crippen molar-refractivity contribution >= 4 is 21.8 Å². The van der Waals surface area contributed by atoms with E-state index in [1.807, 2.05) is 65.6 Å². The molecule has 0 unspecified atom stereocenters. The van der Waals surface area contributed by atoms with Crippen LogP contribution >= 0.6 is 0 Å². The maximum Gasteiger partial charge on any atom is 0.233 e. The summed E-state index contributed by atoms with van der Waals surface area (Å²) in [6.45, 7) is 3.99. The second-order valence-corrected chi connectivity index (χ2v) is 10.9. The van der Waals surface area contributed by atoms with Crippen molar-refractivity contribution in [3.63, 3.8) is 0 Å². The van der Waals surface area contributed by atoms with Crippen molar-refractivity contribution in [1.29, 1.82) is 0 Å². The molecule has 2 fully saturated rings. The first-order chi connectivity index (χ1) is 15.8. The number of piperazine rings is 1. The van der Waals surface area contributed by atoms with Crippen LogP contribution in [0.2, 0.25) is 0 Å². The van der Waals surface area contributed by atoms with Crippen LogP contribution in [0.1, 0.15) is 30.9 Å². The average molecular weight is 470 g/mol. The third-order valence-electron chi connectivity index (χ3n) is 6.91. The van der Waals surface area contributed by atoms with Gasteiger partial charge in [-0.05, 0) is 24.0 Å². The Balaban J connectivity index is 1.47. The highest BCUT2D eigenvalue weighted by Crippen LogP contribution is 2.38. The fraction of sp³-hybridized carbons (Fsp3) is 0.440. The molecule has 0 saturated carbocycles. The summed E-state index contributed by atoms with van der Waals surface area (Å²) >= 11 is 0. The lowest BCUT2D eigenvalue weighted by Crippen LogP contribution is -2.58. The highest BCUT2D eigenvalue weighted by Gasteiger charge is 2.46. The molecule has 2 heterocycles. The van der Waals surface area contributed by atoms with Gasteiger partial charge in [0, 0.05) is 46.2 Å². The van der Waals surface area contributed by atoms with Crippen LogP contribution in [-0.4, -0.2) is 73.6 Å². The number of rotatable bonds is 5. The summed E-state index contributed by atoms with van der Waals surface area (Å²) in [4.78, 5) is 29.3. The van der Waals surface area contributed by atoms with Gasteiger partial charge in [0.1, 0.15) is 0 Å². The molecule has 7 nitrogen and oxygen atoms in total. The summed E-state index contributed by atoms with van der Waals surface area (Å²) < 4.78 is 27.3. The first-order valence-electron chi connectivity index (χ1n) is 11.4. The van der Waals surface area contributed by atoms with Gasteiger partial charge in [0.05, 0.1) is 11.2 Å². The van der Waals surface area contributed by atoms with Crippen LogP contribution in [-0.2, 0) is 30.8 Å². The maximum atomic E-state index is 13.9. The van der Waals surface area contributed by atoms with Crippen LogP contribution in [0.4, 0.5) is 0 Å². The predicted octanol–water partition coefficient (Wildman–Crippen LogP) is 2.24. The van der Waals surface area contributed by atoms with E-state index >= 15 is 0 Å². The lowest BCUT2D eigenvalue weighted by Gasteiger charge is -2.45. The van der Waals surface area contributed by atoms with E-state index in [1.165, 1.54) is 4.31 Å². The molecule has 2 aromatic rings. The second-order valence-electron chi connectivity index (χ2n) is 8.89. The normalized spacial score (nSPS) is 19.3. The van der Waals surface area contributed by atoms with Crippen molar-refractivity contribution in [2.45, 2.75) is 30.9 Å². The van der Waals surface area contributed by atoms with Crippen molar-refractivity contribution in [3.8, 4) is 0 Å². The first kappa shape index (κ1) is 23.4. The Morgan fingerprint density at radius 3 is 1.88 bits per heavy atom. The molecule has 0 aromatic heterocycles. The minimum absolute atomic E-state index is 0.0290. The molecule has 176 valence electrons. The Labute approximate surface area is 196 Å². The molecule has 0 spiro atoms. The minimum atomic E-state index is -3.44. The Bertz CT molecular complexity index is 1070. The van der Waals surface area contributed by atoms with Crippen molar-refractivity contribution in [1.82, 2.24) is 14.1 Å². The van der Waals surface area contributed by atoms with E-state index in [-0.39, 0.29) is 17.6 Å². The Kier molecular flexibility index (Phi) is 6.86. The number of benzene rings is 2. The van der Waals surface area contributed by atoms with Gasteiger partial charge in [-0.25, -0.2) is 8.42 Å². The first-order valence-corrected chi connectivity index (χ1v) is 13.0. The number of carbonyl (C=O) groups excluding carboxylic acids is 2. The molecule has 0 radical (unpaired) electrons. The number of piperidine rings is 1. The summed E-state index contributed by atoms with van der Waals surface area (Å²) in [6, 6.07) is 19.0. The van der Waals surface area contributed by atoms with Gasteiger partial charge in [0.15, 0.2) is 0 Å². The van der Waals surface area contributed by atoms with E-state index in [1.54, 1.807) is 11.8 Å². The van der Waals surface area contributed by atoms with Gasteiger partial charge in [-0.2, -0.15) is 4.31 Å². The van der Waals surface area contributed by atoms with Crippen LogP contribution in [0.15, 0.2) is 60.7 Å². The number of likely N-dealkylation sites (tertiary alicyclic amines) is 1. The number of nitrogens with zero attached hydrogens (tertiary/aromatic N) is 3. The molecule has 2 aromatic carbocycles. The van der Waals surface area contributed by atoms with Crippen LogP contribution < -0.4 is 0 Å². The van der Waals surface area contributed by atoms with E-state index in [4.69, 9.17) is 0 Å². The average Bonchev–Trinajstić information content (AvgIpc) is 2.84. The summed E-state index contributed by atoms with van der Waals surface area (Å²) in [6.07, 6.45) is 1.14. The maximum absolute atomic E-state index is 13.9. The van der Waals surface area contributed by atoms with Gasteiger partial charge in [-0.1, -0.05) is 60.7 Å². The van der Waals surface area contributed by atoms with Gasteiger partial charge in [-0.3, -0.25) is 9.59 Å². The molecule has 33 heavy (non-hydrogen) atoms. The van der Waals surface area contributed by atoms with Crippen molar-refractivity contribution < 1.29 is 18.0 Å². The smallest absolute Gasteiger partial charge is 0.233 e. The van der Waals surface area contributed by atoms with E-state index < -0.39 is 15.4 Å². The van der Waals surface area contributed by atoms with Crippen molar-refractivity contribution in [2.75, 3.05) is 39.3 Å². The van der Waals surface area contributed by atoms with E-state index in [0.29, 0.717) is 52.1 Å². The van der Waals surface area contributed by atoms with Gasteiger partial charge in [0.25, 0.3) is 0 Å². The zero-order chi connectivity index (χ0) is 23.5. The van der Waals surface area contributed by atoms with Gasteiger partial charge >= 0.3 is 0 Å². The summed E-state index contributed by atoms with van der Waals surface area (Å²) in [5, 5.41) is 0. The van der Waals surface area contributed by atoms with Crippen molar-refractivity contribution in [3.05, 3.63) is 71.8 Å².